The topological polar surface area (TPSA) is 349 Å². The lowest BCUT2D eigenvalue weighted by atomic mass is 9.84. The number of nitrogens with one attached hydrogen (secondary N) is 1. The van der Waals surface area contributed by atoms with Crippen LogP contribution < -0.4 is 10.2 Å². The standard InChI is InChI=1S/C54H106NO19P/c1-3-5-7-9-11-13-15-17-18-19-20-21-22-23-25-27-29-31-33-35-40(58)43(60)53(68)55-38(42(59)39(57)34-32-30-28-26-24-16-14-12-10-8-6-4-2)37-71-75(69,70)74-52-49(66)47(64)46(63)48(65)51(52)73-54-50(67)45(62)44(61)41(36-56)72-54/h38-52,54,56-67H,3-37H2,1-2H3,(H,55,68)(H,69,70)/p-1/t38-,39?,40?,41+,42-,43?,44+,45-,46+,47+,48-,49+,50-,51+,52+,54-/m0/s1. The molecule has 1 saturated carbocycles. The molecule has 1 heterocycles. The zero-order valence-electron chi connectivity index (χ0n) is 45.7. The molecule has 17 atom stereocenters. The van der Waals surface area contributed by atoms with Gasteiger partial charge in [-0.1, -0.05) is 213 Å². The van der Waals surface area contributed by atoms with E-state index in [-0.39, 0.29) is 12.8 Å². The predicted molar refractivity (Wildman–Crippen MR) is 281 cm³/mol. The molecule has 0 aromatic carbocycles. The highest BCUT2D eigenvalue weighted by Crippen LogP contribution is 2.44. The largest absolute Gasteiger partial charge is 0.756 e. The molecule has 21 heteroatoms. The molecular formula is C54H105NO19P-. The van der Waals surface area contributed by atoms with Crippen LogP contribution in [0.25, 0.3) is 0 Å². The van der Waals surface area contributed by atoms with E-state index in [9.17, 15) is 75.5 Å². The normalized spacial score (nSPS) is 28.1. The number of unbranched alkanes of at least 4 members (excludes halogenated alkanes) is 29. The fourth-order valence-corrected chi connectivity index (χ4v) is 11.0. The van der Waals surface area contributed by atoms with Crippen molar-refractivity contribution in [2.75, 3.05) is 13.2 Å². The fourth-order valence-electron chi connectivity index (χ4n) is 10.0. The van der Waals surface area contributed by atoms with Crippen molar-refractivity contribution in [1.82, 2.24) is 5.32 Å². The van der Waals surface area contributed by atoms with Crippen molar-refractivity contribution in [3.8, 4) is 0 Å². The molecule has 20 nitrogen and oxygen atoms in total. The number of aliphatic hydroxyl groups excluding tert-OH is 12. The lowest BCUT2D eigenvalue weighted by molar-refractivity contribution is -0.341. The van der Waals surface area contributed by atoms with Gasteiger partial charge in [-0.25, -0.2) is 0 Å². The number of aliphatic hydroxyl groups is 12. The second-order valence-corrected chi connectivity index (χ2v) is 23.0. The molecule has 4 unspecified atom stereocenters. The van der Waals surface area contributed by atoms with Crippen molar-refractivity contribution in [3.63, 3.8) is 0 Å². The fraction of sp³-hybridized carbons (Fsp3) is 0.981. The van der Waals surface area contributed by atoms with Crippen molar-refractivity contribution in [2.45, 2.75) is 324 Å². The molecule has 1 aliphatic heterocycles. The first kappa shape index (κ1) is 70.1. The second-order valence-electron chi connectivity index (χ2n) is 21.6. The molecule has 0 spiro atoms. The quantitative estimate of drug-likeness (QED) is 0.0298. The average Bonchev–Trinajstić information content (AvgIpc) is 3.39. The van der Waals surface area contributed by atoms with E-state index in [1.54, 1.807) is 0 Å². The van der Waals surface area contributed by atoms with Crippen LogP contribution in [0.4, 0.5) is 0 Å². The summed E-state index contributed by atoms with van der Waals surface area (Å²) in [5.41, 5.74) is 0. The van der Waals surface area contributed by atoms with Crippen LogP contribution in [-0.2, 0) is 27.9 Å². The van der Waals surface area contributed by atoms with Gasteiger partial charge in [0.2, 0.25) is 0 Å². The Morgan fingerprint density at radius 2 is 0.880 bits per heavy atom. The van der Waals surface area contributed by atoms with Crippen molar-refractivity contribution in [3.05, 3.63) is 0 Å². The lowest BCUT2D eigenvalue weighted by Crippen LogP contribution is -2.67. The summed E-state index contributed by atoms with van der Waals surface area (Å²) in [5.74, 6) is -1.19. The van der Waals surface area contributed by atoms with Gasteiger partial charge in [-0.3, -0.25) is 9.36 Å². The average molecular weight is 1100 g/mol. The van der Waals surface area contributed by atoms with Crippen LogP contribution in [-0.4, -0.2) is 178 Å². The number of ether oxygens (including phenoxy) is 2. The Bertz CT molecular complexity index is 1460. The highest BCUT2D eigenvalue weighted by molar-refractivity contribution is 7.45. The maximum Gasteiger partial charge on any atom is 0.268 e. The first-order valence-corrected chi connectivity index (χ1v) is 30.7. The van der Waals surface area contributed by atoms with Gasteiger partial charge in [0.05, 0.1) is 31.5 Å². The molecule has 446 valence electrons. The summed E-state index contributed by atoms with van der Waals surface area (Å²) in [4.78, 5) is 26.8. The predicted octanol–water partition coefficient (Wildman–Crippen LogP) is 4.34. The molecular weight excluding hydrogens is 998 g/mol. The van der Waals surface area contributed by atoms with Gasteiger partial charge in [-0.2, -0.15) is 0 Å². The maximum atomic E-state index is 13.5. The number of phosphoric acid groups is 1. The SMILES string of the molecule is CCCCCCCCCCCCCCCCCCCCCC(O)C(O)C(=O)N[C@@H](COP(=O)([O-])O[C@@H]1[C@H](O)[C@H](O)[C@@H](O)[C@H](O)[C@H]1O[C@@H]1O[C@H](CO)[C@@H](O)[C@H](O)[C@@H]1O)[C@H](O)C(O)CCCCCCCCCCCCCC. The minimum atomic E-state index is -5.80. The molecule has 75 heavy (non-hydrogen) atoms. The number of carbonyl (C=O) groups is 1. The summed E-state index contributed by atoms with van der Waals surface area (Å²) >= 11 is 0. The Labute approximate surface area is 448 Å². The first-order chi connectivity index (χ1) is 35.9. The van der Waals surface area contributed by atoms with Crippen LogP contribution in [0.3, 0.4) is 0 Å². The van der Waals surface area contributed by atoms with E-state index in [1.165, 1.54) is 122 Å². The summed E-state index contributed by atoms with van der Waals surface area (Å²) in [6.45, 7) is 2.40. The molecule has 1 aliphatic carbocycles. The number of hydrogen-bond acceptors (Lipinski definition) is 19. The number of rotatable bonds is 46. The number of amides is 1. The summed E-state index contributed by atoms with van der Waals surface area (Å²) in [6.07, 6.45) is 5.48. The molecule has 0 bridgehead atoms. The van der Waals surface area contributed by atoms with E-state index in [1.807, 2.05) is 0 Å². The van der Waals surface area contributed by atoms with Gasteiger partial charge in [0.25, 0.3) is 13.7 Å². The van der Waals surface area contributed by atoms with Crippen LogP contribution in [0, 0.1) is 0 Å². The van der Waals surface area contributed by atoms with Crippen LogP contribution in [0.2, 0.25) is 0 Å². The van der Waals surface area contributed by atoms with Crippen LogP contribution in [0.1, 0.15) is 226 Å². The molecule has 2 aliphatic rings. The Morgan fingerprint density at radius 1 is 0.520 bits per heavy atom. The summed E-state index contributed by atoms with van der Waals surface area (Å²) < 4.78 is 34.3. The van der Waals surface area contributed by atoms with E-state index in [2.05, 4.69) is 19.2 Å². The zero-order chi connectivity index (χ0) is 55.6. The number of phosphoric ester groups is 1. The highest BCUT2D eigenvalue weighted by atomic mass is 31.2. The maximum absolute atomic E-state index is 13.5. The third kappa shape index (κ3) is 27.8. The third-order valence-corrected chi connectivity index (χ3v) is 16.0. The molecule has 1 saturated heterocycles. The van der Waals surface area contributed by atoms with Gasteiger partial charge < -0.3 is 90.0 Å². The molecule has 0 radical (unpaired) electrons. The lowest BCUT2D eigenvalue weighted by Gasteiger charge is -2.47. The highest BCUT2D eigenvalue weighted by Gasteiger charge is 2.54. The minimum Gasteiger partial charge on any atom is -0.756 e. The van der Waals surface area contributed by atoms with Crippen LogP contribution in [0.5, 0.6) is 0 Å². The van der Waals surface area contributed by atoms with Crippen LogP contribution >= 0.6 is 7.82 Å². The molecule has 2 fully saturated rings. The van der Waals surface area contributed by atoms with E-state index >= 15 is 0 Å². The van der Waals surface area contributed by atoms with E-state index in [0.717, 1.165) is 64.2 Å². The summed E-state index contributed by atoms with van der Waals surface area (Å²) in [7, 11) is -5.80. The van der Waals surface area contributed by atoms with E-state index in [4.69, 9.17) is 18.5 Å². The van der Waals surface area contributed by atoms with Crippen LogP contribution in [0.15, 0.2) is 0 Å². The van der Waals surface area contributed by atoms with Gasteiger partial charge in [-0.15, -0.1) is 0 Å². The Hall–Kier alpha value is -0.980. The van der Waals surface area contributed by atoms with E-state index in [0.29, 0.717) is 12.8 Å². The Kier molecular flexibility index (Phi) is 38.4. The van der Waals surface area contributed by atoms with Gasteiger partial charge in [0, 0.05) is 0 Å². The molecule has 0 aromatic rings. The molecule has 1 amide bonds. The van der Waals surface area contributed by atoms with Crippen molar-refractivity contribution in [2.24, 2.45) is 0 Å². The molecule has 2 rings (SSSR count). The molecule has 13 N–H and O–H groups in total. The third-order valence-electron chi connectivity index (χ3n) is 15.1. The number of carbonyl (C=O) groups excluding carboxylic acids is 1. The zero-order valence-corrected chi connectivity index (χ0v) is 46.6. The summed E-state index contributed by atoms with van der Waals surface area (Å²) in [6, 6.07) is -1.75. The second kappa shape index (κ2) is 41.1. The summed E-state index contributed by atoms with van der Waals surface area (Å²) in [5, 5.41) is 130. The first-order valence-electron chi connectivity index (χ1n) is 29.3. The van der Waals surface area contributed by atoms with Gasteiger partial charge in [0.1, 0.15) is 67.1 Å². The van der Waals surface area contributed by atoms with Crippen molar-refractivity contribution in [1.29, 1.82) is 0 Å². The number of hydrogen-bond donors (Lipinski definition) is 13. The molecule has 0 aromatic heterocycles. The smallest absolute Gasteiger partial charge is 0.268 e. The van der Waals surface area contributed by atoms with Gasteiger partial charge in [-0.05, 0) is 12.8 Å². The van der Waals surface area contributed by atoms with Crippen molar-refractivity contribution >= 4 is 13.7 Å². The Balaban J connectivity index is 1.97. The van der Waals surface area contributed by atoms with E-state index < -0.39 is 125 Å². The minimum absolute atomic E-state index is 0.0461. The monoisotopic (exact) mass is 1100 g/mol. The van der Waals surface area contributed by atoms with Gasteiger partial charge >= 0.3 is 0 Å². The Morgan fingerprint density at radius 3 is 1.28 bits per heavy atom. The van der Waals surface area contributed by atoms with Gasteiger partial charge in [0.15, 0.2) is 12.4 Å². The van der Waals surface area contributed by atoms with Crippen molar-refractivity contribution < 1.29 is 94.1 Å².